The van der Waals surface area contributed by atoms with Gasteiger partial charge in [0.05, 0.1) is 17.7 Å². The highest BCUT2D eigenvalue weighted by molar-refractivity contribution is 6.46. The average Bonchev–Trinajstić information content (AvgIpc) is 3.62. The molecule has 3 aliphatic heterocycles. The molecule has 2 aromatic rings. The third kappa shape index (κ3) is 4.23. The van der Waals surface area contributed by atoms with E-state index >= 15 is 0 Å². The van der Waals surface area contributed by atoms with Crippen molar-refractivity contribution in [2.24, 2.45) is 0 Å². The minimum absolute atomic E-state index is 0.0717. The normalized spacial score (nSPS) is 22.7. The lowest BCUT2D eigenvalue weighted by Crippen LogP contribution is -2.36. The van der Waals surface area contributed by atoms with Crippen LogP contribution in [0.25, 0.3) is 5.76 Å². The van der Waals surface area contributed by atoms with Crippen LogP contribution in [0, 0.1) is 0 Å². The fraction of sp³-hybridized carbons (Fsp3) is 0.407. The van der Waals surface area contributed by atoms with Gasteiger partial charge >= 0.3 is 0 Å². The van der Waals surface area contributed by atoms with E-state index in [1.807, 2.05) is 24.3 Å². The number of carbonyl (C=O) groups excluding carboxylic acids is 2. The molecule has 8 nitrogen and oxygen atoms in total. The summed E-state index contributed by atoms with van der Waals surface area (Å²) in [5.74, 6) is -0.488. The maximum Gasteiger partial charge on any atom is 0.295 e. The maximum absolute atomic E-state index is 13.3. The SMILES string of the molecule is CCN(CC)c1ccc(C2/C(=C(/O)c3ccc4c(c3)OCO4)C(=O)C(=O)N2CC2CCCO2)cc1. The van der Waals surface area contributed by atoms with Crippen LogP contribution in [0.2, 0.25) is 0 Å². The van der Waals surface area contributed by atoms with Crippen LogP contribution in [-0.4, -0.2) is 60.8 Å². The number of aliphatic hydroxyl groups excluding tert-OH is 1. The van der Waals surface area contributed by atoms with E-state index in [1.165, 1.54) is 0 Å². The molecule has 2 aromatic carbocycles. The van der Waals surface area contributed by atoms with E-state index in [9.17, 15) is 14.7 Å². The molecule has 2 saturated heterocycles. The van der Waals surface area contributed by atoms with E-state index in [0.717, 1.165) is 37.2 Å². The molecular weight excluding hydrogens is 448 g/mol. The molecule has 2 fully saturated rings. The van der Waals surface area contributed by atoms with Crippen molar-refractivity contribution in [3.8, 4) is 11.5 Å². The highest BCUT2D eigenvalue weighted by atomic mass is 16.7. The van der Waals surface area contributed by atoms with E-state index in [1.54, 1.807) is 23.1 Å². The van der Waals surface area contributed by atoms with E-state index < -0.39 is 17.7 Å². The number of nitrogens with zero attached hydrogens (tertiary/aromatic N) is 2. The summed E-state index contributed by atoms with van der Waals surface area (Å²) in [5.41, 5.74) is 2.29. The Kier molecular flexibility index (Phi) is 6.38. The molecule has 184 valence electrons. The molecule has 1 amide bonds. The van der Waals surface area contributed by atoms with Gasteiger partial charge in [0, 0.05) is 37.5 Å². The third-order valence-electron chi connectivity index (χ3n) is 6.95. The van der Waals surface area contributed by atoms with Gasteiger partial charge < -0.3 is 29.1 Å². The topological polar surface area (TPSA) is 88.5 Å². The lowest BCUT2D eigenvalue weighted by Gasteiger charge is -2.28. The number of aliphatic hydroxyl groups is 1. The molecule has 3 heterocycles. The molecule has 2 unspecified atom stereocenters. The van der Waals surface area contributed by atoms with Gasteiger partial charge in [-0.05, 0) is 62.6 Å². The van der Waals surface area contributed by atoms with Crippen molar-refractivity contribution in [1.29, 1.82) is 0 Å². The van der Waals surface area contributed by atoms with Crippen molar-refractivity contribution in [2.45, 2.75) is 38.8 Å². The smallest absolute Gasteiger partial charge is 0.295 e. The second-order valence-electron chi connectivity index (χ2n) is 8.92. The summed E-state index contributed by atoms with van der Waals surface area (Å²) in [6, 6.07) is 12.1. The first-order chi connectivity index (χ1) is 17.0. The van der Waals surface area contributed by atoms with Gasteiger partial charge in [0.1, 0.15) is 5.76 Å². The molecule has 5 rings (SSSR count). The molecule has 0 radical (unpaired) electrons. The van der Waals surface area contributed by atoms with Crippen molar-refractivity contribution >= 4 is 23.1 Å². The molecular formula is C27H30N2O6. The first-order valence-corrected chi connectivity index (χ1v) is 12.2. The van der Waals surface area contributed by atoms with Crippen LogP contribution in [-0.2, 0) is 14.3 Å². The van der Waals surface area contributed by atoms with E-state index in [0.29, 0.717) is 30.2 Å². The molecule has 8 heteroatoms. The van der Waals surface area contributed by atoms with Crippen molar-refractivity contribution in [3.63, 3.8) is 0 Å². The Hall–Kier alpha value is -3.52. The van der Waals surface area contributed by atoms with Crippen molar-refractivity contribution in [3.05, 3.63) is 59.2 Å². The van der Waals surface area contributed by atoms with Gasteiger partial charge in [0.2, 0.25) is 6.79 Å². The number of ketones is 1. The number of carbonyl (C=O) groups is 2. The molecule has 0 bridgehead atoms. The zero-order chi connectivity index (χ0) is 24.5. The number of anilines is 1. The molecule has 0 aromatic heterocycles. The fourth-order valence-electron chi connectivity index (χ4n) is 5.08. The summed E-state index contributed by atoms with van der Waals surface area (Å²) in [6.45, 7) is 6.98. The first-order valence-electron chi connectivity index (χ1n) is 12.2. The molecule has 0 spiro atoms. The van der Waals surface area contributed by atoms with E-state index in [-0.39, 0.29) is 24.2 Å². The molecule has 1 N–H and O–H groups in total. The second kappa shape index (κ2) is 9.62. The molecule has 0 saturated carbocycles. The predicted molar refractivity (Wildman–Crippen MR) is 131 cm³/mol. The van der Waals surface area contributed by atoms with Crippen LogP contribution in [0.3, 0.4) is 0 Å². The zero-order valence-corrected chi connectivity index (χ0v) is 20.0. The van der Waals surface area contributed by atoms with Gasteiger partial charge in [-0.15, -0.1) is 0 Å². The minimum Gasteiger partial charge on any atom is -0.507 e. The number of Topliss-reactive ketones (excluding diaryl/α,β-unsaturated/α-hetero) is 1. The fourth-order valence-corrected chi connectivity index (χ4v) is 5.08. The monoisotopic (exact) mass is 478 g/mol. The Labute approximate surface area is 204 Å². The highest BCUT2D eigenvalue weighted by Crippen LogP contribution is 2.42. The Balaban J connectivity index is 1.58. The van der Waals surface area contributed by atoms with Crippen molar-refractivity contribution in [1.82, 2.24) is 4.90 Å². The van der Waals surface area contributed by atoms with Crippen molar-refractivity contribution < 1.29 is 28.9 Å². The number of amides is 1. The first kappa shape index (κ1) is 23.2. The van der Waals surface area contributed by atoms with Crippen LogP contribution in [0.15, 0.2) is 48.0 Å². The van der Waals surface area contributed by atoms with Gasteiger partial charge in [-0.25, -0.2) is 0 Å². The Bertz CT molecular complexity index is 1150. The van der Waals surface area contributed by atoms with Crippen molar-refractivity contribution in [2.75, 3.05) is 37.9 Å². The summed E-state index contributed by atoms with van der Waals surface area (Å²) in [6.07, 6.45) is 1.63. The largest absolute Gasteiger partial charge is 0.507 e. The maximum atomic E-state index is 13.3. The number of hydrogen-bond acceptors (Lipinski definition) is 7. The number of rotatable bonds is 7. The van der Waals surface area contributed by atoms with Gasteiger partial charge in [0.25, 0.3) is 11.7 Å². The number of ether oxygens (including phenoxy) is 3. The summed E-state index contributed by atoms with van der Waals surface area (Å²) < 4.78 is 16.6. The standard InChI is InChI=1S/C27H30N2O6/c1-3-28(4-2)19-10-7-17(8-11-19)24-23(25(30)18-9-12-21-22(14-18)35-16-34-21)26(31)27(32)29(24)15-20-6-5-13-33-20/h7-12,14,20,24,30H,3-6,13,15-16H2,1-2H3/b25-23-. The van der Waals surface area contributed by atoms with Gasteiger partial charge in [-0.1, -0.05) is 12.1 Å². The summed E-state index contributed by atoms with van der Waals surface area (Å²) in [4.78, 5) is 30.2. The van der Waals surface area contributed by atoms with Gasteiger partial charge in [-0.2, -0.15) is 0 Å². The Morgan fingerprint density at radius 3 is 2.49 bits per heavy atom. The van der Waals surface area contributed by atoms with Gasteiger partial charge in [0.15, 0.2) is 11.5 Å². The average molecular weight is 479 g/mol. The Morgan fingerprint density at radius 2 is 1.80 bits per heavy atom. The van der Waals surface area contributed by atoms with Crippen LogP contribution in [0.1, 0.15) is 43.9 Å². The predicted octanol–water partition coefficient (Wildman–Crippen LogP) is 3.86. The summed E-state index contributed by atoms with van der Waals surface area (Å²) in [5, 5.41) is 11.3. The summed E-state index contributed by atoms with van der Waals surface area (Å²) >= 11 is 0. The van der Waals surface area contributed by atoms with Crippen LogP contribution in [0.5, 0.6) is 11.5 Å². The lowest BCUT2D eigenvalue weighted by atomic mass is 9.94. The molecule has 3 aliphatic rings. The quantitative estimate of drug-likeness (QED) is 0.367. The summed E-state index contributed by atoms with van der Waals surface area (Å²) in [7, 11) is 0. The third-order valence-corrected chi connectivity index (χ3v) is 6.95. The molecule has 35 heavy (non-hydrogen) atoms. The number of fused-ring (bicyclic) bond motifs is 1. The number of hydrogen-bond donors (Lipinski definition) is 1. The highest BCUT2D eigenvalue weighted by Gasteiger charge is 2.47. The number of benzene rings is 2. The van der Waals surface area contributed by atoms with Crippen LogP contribution >= 0.6 is 0 Å². The Morgan fingerprint density at radius 1 is 1.06 bits per heavy atom. The van der Waals surface area contributed by atoms with E-state index in [2.05, 4.69) is 18.7 Å². The zero-order valence-electron chi connectivity index (χ0n) is 20.0. The van der Waals surface area contributed by atoms with Crippen LogP contribution in [0.4, 0.5) is 5.69 Å². The van der Waals surface area contributed by atoms with Crippen LogP contribution < -0.4 is 14.4 Å². The molecule has 2 atom stereocenters. The molecule has 0 aliphatic carbocycles. The minimum atomic E-state index is -0.713. The second-order valence-corrected chi connectivity index (χ2v) is 8.92. The lowest BCUT2D eigenvalue weighted by molar-refractivity contribution is -0.140. The van der Waals surface area contributed by atoms with E-state index in [4.69, 9.17) is 14.2 Å². The number of likely N-dealkylation sites (tertiary alicyclic amines) is 1. The van der Waals surface area contributed by atoms with Gasteiger partial charge in [-0.3, -0.25) is 9.59 Å².